The molecule has 0 saturated heterocycles. The van der Waals surface area contributed by atoms with Crippen molar-refractivity contribution >= 4 is 11.6 Å². The van der Waals surface area contributed by atoms with Gasteiger partial charge in [-0.2, -0.15) is 0 Å². The molecule has 0 aromatic heterocycles. The number of nitrogens with one attached hydrogen (secondary N) is 1. The zero-order valence-electron chi connectivity index (χ0n) is 13.6. The van der Waals surface area contributed by atoms with Gasteiger partial charge in [-0.25, -0.2) is 0 Å². The molecule has 0 heterocycles. The number of nitrogens with zero attached hydrogens (tertiary/aromatic N) is 1. The first kappa shape index (κ1) is 18.1. The van der Waals surface area contributed by atoms with Gasteiger partial charge in [-0.15, -0.1) is 0 Å². The Morgan fingerprint density at radius 2 is 2.00 bits per heavy atom. The number of nitro groups is 1. The number of aryl methyl sites for hydroxylation is 2. The van der Waals surface area contributed by atoms with E-state index in [-0.39, 0.29) is 24.1 Å². The van der Waals surface area contributed by atoms with Crippen LogP contribution >= 0.6 is 0 Å². The minimum atomic E-state index is -0.443. The third kappa shape index (κ3) is 4.04. The van der Waals surface area contributed by atoms with E-state index in [1.807, 2.05) is 6.92 Å². The molecule has 0 aliphatic heterocycles. The van der Waals surface area contributed by atoms with E-state index in [0.29, 0.717) is 29.7 Å². The third-order valence-corrected chi connectivity index (χ3v) is 4.01. The normalized spacial score (nSPS) is 12.0. The molecule has 0 bridgehead atoms. The van der Waals surface area contributed by atoms with Gasteiger partial charge >= 0.3 is 0 Å². The Hall–Kier alpha value is -1.95. The summed E-state index contributed by atoms with van der Waals surface area (Å²) in [5.74, 6) is -0.0931. The van der Waals surface area contributed by atoms with Gasteiger partial charge in [0.25, 0.3) is 11.6 Å². The fourth-order valence-electron chi connectivity index (χ4n) is 2.76. The number of aliphatic hydroxyl groups excluding tert-OH is 1. The SMILES string of the molecule is CCC(CCO)CNC(=O)c1c(C)cc(C)c([N+](=O)[O-])c1C. The summed E-state index contributed by atoms with van der Waals surface area (Å²) in [6.07, 6.45) is 1.48. The monoisotopic (exact) mass is 308 g/mol. The molecule has 122 valence electrons. The van der Waals surface area contributed by atoms with E-state index in [1.165, 1.54) is 0 Å². The van der Waals surface area contributed by atoms with Gasteiger partial charge < -0.3 is 10.4 Å². The van der Waals surface area contributed by atoms with Crippen LogP contribution in [0.2, 0.25) is 0 Å². The van der Waals surface area contributed by atoms with Crippen LogP contribution in [-0.4, -0.2) is 29.1 Å². The molecule has 1 atom stereocenters. The van der Waals surface area contributed by atoms with Crippen LogP contribution in [0.4, 0.5) is 5.69 Å². The van der Waals surface area contributed by atoms with E-state index in [1.54, 1.807) is 26.8 Å². The van der Waals surface area contributed by atoms with Crippen LogP contribution in [-0.2, 0) is 0 Å². The molecule has 0 aliphatic rings. The number of benzene rings is 1. The third-order valence-electron chi connectivity index (χ3n) is 4.01. The van der Waals surface area contributed by atoms with Crippen molar-refractivity contribution in [2.45, 2.75) is 40.5 Å². The van der Waals surface area contributed by atoms with Crippen molar-refractivity contribution in [2.75, 3.05) is 13.2 Å². The molecule has 0 aliphatic carbocycles. The highest BCUT2D eigenvalue weighted by molar-refractivity contribution is 5.98. The van der Waals surface area contributed by atoms with Crippen LogP contribution in [0.3, 0.4) is 0 Å². The van der Waals surface area contributed by atoms with Crippen LogP contribution in [0.25, 0.3) is 0 Å². The summed E-state index contributed by atoms with van der Waals surface area (Å²) in [4.78, 5) is 23.1. The van der Waals surface area contributed by atoms with Gasteiger partial charge in [-0.05, 0) is 44.7 Å². The second-order valence-corrected chi connectivity index (χ2v) is 5.61. The Balaban J connectivity index is 3.03. The van der Waals surface area contributed by atoms with Crippen LogP contribution < -0.4 is 5.32 Å². The second-order valence-electron chi connectivity index (χ2n) is 5.61. The maximum atomic E-state index is 12.4. The zero-order chi connectivity index (χ0) is 16.9. The first-order chi connectivity index (χ1) is 10.3. The largest absolute Gasteiger partial charge is 0.396 e. The molecule has 1 rings (SSSR count). The van der Waals surface area contributed by atoms with Gasteiger partial charge in [0.1, 0.15) is 0 Å². The smallest absolute Gasteiger partial charge is 0.275 e. The number of carbonyl (C=O) groups excluding carboxylic acids is 1. The Bertz CT molecular complexity index is 570. The standard InChI is InChI=1S/C16H24N2O4/c1-5-13(6-7-19)9-17-16(20)14-10(2)8-11(3)15(12(14)4)18(21)22/h8,13,19H,5-7,9H2,1-4H3,(H,17,20). The van der Waals surface area contributed by atoms with Gasteiger partial charge in [-0.3, -0.25) is 14.9 Å². The lowest BCUT2D eigenvalue weighted by Gasteiger charge is -2.16. The summed E-state index contributed by atoms with van der Waals surface area (Å²) in [7, 11) is 0. The fourth-order valence-corrected chi connectivity index (χ4v) is 2.76. The summed E-state index contributed by atoms with van der Waals surface area (Å²) in [5, 5.41) is 23.0. The highest BCUT2D eigenvalue weighted by atomic mass is 16.6. The quantitative estimate of drug-likeness (QED) is 0.598. The number of nitro benzene ring substituents is 1. The van der Waals surface area contributed by atoms with Crippen LogP contribution in [0.5, 0.6) is 0 Å². The van der Waals surface area contributed by atoms with Crippen LogP contribution in [0.15, 0.2) is 6.07 Å². The maximum Gasteiger partial charge on any atom is 0.275 e. The summed E-state index contributed by atoms with van der Waals surface area (Å²) in [6.45, 7) is 7.61. The number of aliphatic hydroxyl groups is 1. The lowest BCUT2D eigenvalue weighted by molar-refractivity contribution is -0.386. The predicted octanol–water partition coefficient (Wildman–Crippen LogP) is 2.66. The minimum Gasteiger partial charge on any atom is -0.396 e. The van der Waals surface area contributed by atoms with E-state index >= 15 is 0 Å². The van der Waals surface area contributed by atoms with Gasteiger partial charge in [0.05, 0.1) is 10.5 Å². The molecule has 1 aromatic rings. The highest BCUT2D eigenvalue weighted by Gasteiger charge is 2.23. The molecule has 1 aromatic carbocycles. The summed E-state index contributed by atoms with van der Waals surface area (Å²) >= 11 is 0. The number of hydrogen-bond acceptors (Lipinski definition) is 4. The average molecular weight is 308 g/mol. The molecule has 2 N–H and O–H groups in total. The molecular formula is C16H24N2O4. The summed E-state index contributed by atoms with van der Waals surface area (Å²) in [6, 6.07) is 1.67. The number of carbonyl (C=O) groups is 1. The summed E-state index contributed by atoms with van der Waals surface area (Å²) < 4.78 is 0. The topological polar surface area (TPSA) is 92.5 Å². The van der Waals surface area contributed by atoms with Crippen LogP contribution in [0.1, 0.15) is 46.8 Å². The van der Waals surface area contributed by atoms with E-state index in [9.17, 15) is 14.9 Å². The number of hydrogen-bond donors (Lipinski definition) is 2. The lowest BCUT2D eigenvalue weighted by atomic mass is 9.96. The highest BCUT2D eigenvalue weighted by Crippen LogP contribution is 2.28. The van der Waals surface area contributed by atoms with Gasteiger partial charge in [0, 0.05) is 24.3 Å². The van der Waals surface area contributed by atoms with E-state index < -0.39 is 4.92 Å². The molecule has 22 heavy (non-hydrogen) atoms. The first-order valence-corrected chi connectivity index (χ1v) is 7.47. The molecular weight excluding hydrogens is 284 g/mol. The van der Waals surface area contributed by atoms with E-state index in [4.69, 9.17) is 5.11 Å². The number of rotatable bonds is 7. The van der Waals surface area contributed by atoms with Crippen molar-refractivity contribution in [3.8, 4) is 0 Å². The maximum absolute atomic E-state index is 12.4. The molecule has 0 fully saturated rings. The lowest BCUT2D eigenvalue weighted by Crippen LogP contribution is -2.30. The Kier molecular flexibility index (Phi) is 6.49. The molecule has 6 nitrogen and oxygen atoms in total. The predicted molar refractivity (Wildman–Crippen MR) is 85.1 cm³/mol. The molecule has 6 heteroatoms. The second kappa shape index (κ2) is 7.89. The minimum absolute atomic E-state index is 0.00171. The van der Waals surface area contributed by atoms with Crippen molar-refractivity contribution in [3.05, 3.63) is 38.4 Å². The number of amides is 1. The Morgan fingerprint density at radius 3 is 2.50 bits per heavy atom. The van der Waals surface area contributed by atoms with E-state index in [2.05, 4.69) is 5.32 Å². The van der Waals surface area contributed by atoms with Crippen molar-refractivity contribution in [2.24, 2.45) is 5.92 Å². The Morgan fingerprint density at radius 1 is 1.36 bits per heavy atom. The molecule has 0 saturated carbocycles. The Labute approximate surface area is 130 Å². The molecule has 0 radical (unpaired) electrons. The molecule has 1 amide bonds. The van der Waals surface area contributed by atoms with Crippen molar-refractivity contribution < 1.29 is 14.8 Å². The first-order valence-electron chi connectivity index (χ1n) is 7.47. The van der Waals surface area contributed by atoms with E-state index in [0.717, 1.165) is 12.0 Å². The van der Waals surface area contributed by atoms with Gasteiger partial charge in [-0.1, -0.05) is 13.3 Å². The van der Waals surface area contributed by atoms with Crippen LogP contribution in [0, 0.1) is 36.8 Å². The summed E-state index contributed by atoms with van der Waals surface area (Å²) in [5.41, 5.74) is 2.06. The van der Waals surface area contributed by atoms with Crippen molar-refractivity contribution in [1.29, 1.82) is 0 Å². The average Bonchev–Trinajstić information content (AvgIpc) is 2.42. The van der Waals surface area contributed by atoms with Crippen molar-refractivity contribution in [3.63, 3.8) is 0 Å². The zero-order valence-corrected chi connectivity index (χ0v) is 13.6. The molecule has 0 spiro atoms. The van der Waals surface area contributed by atoms with Gasteiger partial charge in [0.2, 0.25) is 0 Å². The van der Waals surface area contributed by atoms with Gasteiger partial charge in [0.15, 0.2) is 0 Å². The molecule has 1 unspecified atom stereocenters. The van der Waals surface area contributed by atoms with Crippen molar-refractivity contribution in [1.82, 2.24) is 5.32 Å². The fraction of sp³-hybridized carbons (Fsp3) is 0.562.